The van der Waals surface area contributed by atoms with Crippen molar-refractivity contribution in [1.29, 1.82) is 0 Å². The van der Waals surface area contributed by atoms with Crippen LogP contribution in [0.2, 0.25) is 0 Å². The van der Waals surface area contributed by atoms with Crippen molar-refractivity contribution in [2.45, 2.75) is 13.8 Å². The molecule has 1 amide bonds. The van der Waals surface area contributed by atoms with Crippen LogP contribution >= 0.6 is 0 Å². The van der Waals surface area contributed by atoms with Gasteiger partial charge in [0.05, 0.1) is 23.9 Å². The predicted octanol–water partition coefficient (Wildman–Crippen LogP) is 4.63. The Balaban J connectivity index is 1.80. The average molecular weight is 413 g/mol. The number of ether oxygens (including phenoxy) is 1. The number of hydrogen-bond donors (Lipinski definition) is 2. The van der Waals surface area contributed by atoms with Crippen molar-refractivity contribution in [3.63, 3.8) is 0 Å². The largest absolute Gasteiger partial charge is 0.497 e. The first kappa shape index (κ1) is 20.2. The minimum atomic E-state index is -0.367. The molecule has 4 aromatic rings. The highest BCUT2D eigenvalue weighted by Crippen LogP contribution is 2.30. The van der Waals surface area contributed by atoms with Gasteiger partial charge in [0.2, 0.25) is 5.78 Å². The fraction of sp³-hybridized carbons (Fsp3) is 0.120. The first-order valence-electron chi connectivity index (χ1n) is 9.86. The fourth-order valence-corrected chi connectivity index (χ4v) is 3.61. The van der Waals surface area contributed by atoms with Gasteiger partial charge in [0.15, 0.2) is 0 Å². The maximum absolute atomic E-state index is 13.3. The molecule has 3 N–H and O–H groups in total. The molecule has 6 heteroatoms. The molecule has 0 aliphatic carbocycles. The lowest BCUT2D eigenvalue weighted by Crippen LogP contribution is -2.14. The lowest BCUT2D eigenvalue weighted by molar-refractivity contribution is 0.102. The van der Waals surface area contributed by atoms with Gasteiger partial charge in [-0.25, -0.2) is 0 Å². The van der Waals surface area contributed by atoms with Gasteiger partial charge in [-0.15, -0.1) is 0 Å². The number of amides is 1. The number of pyridine rings is 1. The number of ketones is 1. The molecule has 0 unspecified atom stereocenters. The van der Waals surface area contributed by atoms with Crippen LogP contribution in [0.1, 0.15) is 37.5 Å². The summed E-state index contributed by atoms with van der Waals surface area (Å²) in [4.78, 5) is 26.5. The topological polar surface area (TPSA) is 85.8 Å². The standard InChI is InChI=1S/C25H23N3O3/c1-15-10-11-18(13-16(15)2)27-25(30)21-20-9-4-5-12-28(20)23(22(21)26)24(29)17-7-6-8-19(14-17)31-3/h4-14H,26H2,1-3H3,(H,27,30). The number of aromatic nitrogens is 1. The summed E-state index contributed by atoms with van der Waals surface area (Å²) < 4.78 is 6.89. The van der Waals surface area contributed by atoms with E-state index in [1.165, 1.54) is 0 Å². The molecule has 0 saturated carbocycles. The van der Waals surface area contributed by atoms with Crippen molar-refractivity contribution in [2.24, 2.45) is 0 Å². The zero-order valence-corrected chi connectivity index (χ0v) is 17.6. The molecule has 0 spiro atoms. The fourth-order valence-electron chi connectivity index (χ4n) is 3.61. The van der Waals surface area contributed by atoms with E-state index in [1.807, 2.05) is 32.0 Å². The predicted molar refractivity (Wildman–Crippen MR) is 122 cm³/mol. The van der Waals surface area contributed by atoms with Gasteiger partial charge in [0, 0.05) is 17.4 Å². The van der Waals surface area contributed by atoms with Crippen molar-refractivity contribution >= 4 is 28.6 Å². The molecule has 0 radical (unpaired) electrons. The molecule has 6 nitrogen and oxygen atoms in total. The number of hydrogen-bond acceptors (Lipinski definition) is 4. The number of carbonyl (C=O) groups is 2. The van der Waals surface area contributed by atoms with Crippen molar-refractivity contribution in [2.75, 3.05) is 18.2 Å². The monoisotopic (exact) mass is 413 g/mol. The van der Waals surface area contributed by atoms with Crippen molar-refractivity contribution in [1.82, 2.24) is 4.40 Å². The molecular formula is C25H23N3O3. The highest BCUT2D eigenvalue weighted by atomic mass is 16.5. The summed E-state index contributed by atoms with van der Waals surface area (Å²) in [5.74, 6) is -0.0880. The van der Waals surface area contributed by atoms with Crippen LogP contribution < -0.4 is 15.8 Å². The number of nitrogens with two attached hydrogens (primary N) is 1. The molecule has 0 fully saturated rings. The molecule has 0 bridgehead atoms. The highest BCUT2D eigenvalue weighted by Gasteiger charge is 2.26. The van der Waals surface area contributed by atoms with E-state index in [2.05, 4.69) is 5.32 Å². The Morgan fingerprint density at radius 3 is 2.52 bits per heavy atom. The lowest BCUT2D eigenvalue weighted by Gasteiger charge is -2.08. The van der Waals surface area contributed by atoms with E-state index in [1.54, 1.807) is 60.2 Å². The van der Waals surface area contributed by atoms with E-state index >= 15 is 0 Å². The molecule has 2 heterocycles. The highest BCUT2D eigenvalue weighted by molar-refractivity contribution is 6.20. The van der Waals surface area contributed by atoms with Gasteiger partial charge in [0.1, 0.15) is 11.4 Å². The summed E-state index contributed by atoms with van der Waals surface area (Å²) in [5, 5.41) is 2.91. The minimum Gasteiger partial charge on any atom is -0.497 e. The number of nitrogens with one attached hydrogen (secondary N) is 1. The van der Waals surface area contributed by atoms with Gasteiger partial charge < -0.3 is 20.2 Å². The van der Waals surface area contributed by atoms with Crippen LogP contribution in [-0.2, 0) is 0 Å². The molecule has 0 aliphatic heterocycles. The van der Waals surface area contributed by atoms with Gasteiger partial charge in [-0.2, -0.15) is 0 Å². The molecule has 0 saturated heterocycles. The van der Waals surface area contributed by atoms with E-state index in [9.17, 15) is 9.59 Å². The van der Waals surface area contributed by atoms with Crippen LogP contribution in [0.25, 0.3) is 5.52 Å². The molecule has 0 atom stereocenters. The lowest BCUT2D eigenvalue weighted by atomic mass is 10.1. The third-order valence-electron chi connectivity index (χ3n) is 5.42. The quantitative estimate of drug-likeness (QED) is 0.467. The SMILES string of the molecule is COc1cccc(C(=O)c2c(N)c(C(=O)Nc3ccc(C)c(C)c3)c3ccccn23)c1. The second kappa shape index (κ2) is 7.99. The Labute approximate surface area is 180 Å². The number of benzene rings is 2. The second-order valence-corrected chi connectivity index (χ2v) is 7.41. The number of nitrogen functional groups attached to an aromatic ring is 1. The summed E-state index contributed by atoms with van der Waals surface area (Å²) in [6.07, 6.45) is 1.73. The van der Waals surface area contributed by atoms with Crippen molar-refractivity contribution in [3.8, 4) is 5.75 Å². The van der Waals surface area contributed by atoms with Gasteiger partial charge >= 0.3 is 0 Å². The van der Waals surface area contributed by atoms with Crippen LogP contribution in [0, 0.1) is 13.8 Å². The Kier molecular flexibility index (Phi) is 5.21. The zero-order chi connectivity index (χ0) is 22.1. The molecule has 2 aromatic heterocycles. The van der Waals surface area contributed by atoms with E-state index in [-0.39, 0.29) is 28.6 Å². The van der Waals surface area contributed by atoms with Crippen LogP contribution in [-0.4, -0.2) is 23.2 Å². The van der Waals surface area contributed by atoms with E-state index < -0.39 is 0 Å². The molecular weight excluding hydrogens is 390 g/mol. The number of methoxy groups -OCH3 is 1. The van der Waals surface area contributed by atoms with Gasteiger partial charge in [-0.3, -0.25) is 9.59 Å². The van der Waals surface area contributed by atoms with Gasteiger partial charge in [-0.05, 0) is 61.4 Å². The van der Waals surface area contributed by atoms with Crippen LogP contribution in [0.3, 0.4) is 0 Å². The molecule has 0 aliphatic rings. The average Bonchev–Trinajstić information content (AvgIpc) is 3.07. The number of anilines is 2. The summed E-state index contributed by atoms with van der Waals surface area (Å²) in [6.45, 7) is 3.99. The number of nitrogens with zero attached hydrogens (tertiary/aromatic N) is 1. The molecule has 31 heavy (non-hydrogen) atoms. The summed E-state index contributed by atoms with van der Waals surface area (Å²) in [5.41, 5.74) is 10.9. The first-order valence-corrected chi connectivity index (χ1v) is 9.86. The maximum Gasteiger partial charge on any atom is 0.259 e. The Bertz CT molecular complexity index is 1320. The van der Waals surface area contributed by atoms with E-state index in [0.717, 1.165) is 11.1 Å². The number of fused-ring (bicyclic) bond motifs is 1. The summed E-state index contributed by atoms with van der Waals surface area (Å²) in [7, 11) is 1.54. The Morgan fingerprint density at radius 1 is 0.968 bits per heavy atom. The Morgan fingerprint density at radius 2 is 1.77 bits per heavy atom. The first-order chi connectivity index (χ1) is 14.9. The van der Waals surface area contributed by atoms with Gasteiger partial charge in [0.25, 0.3) is 5.91 Å². The van der Waals surface area contributed by atoms with Crippen molar-refractivity contribution in [3.05, 3.63) is 94.8 Å². The van der Waals surface area contributed by atoms with Crippen LogP contribution in [0.5, 0.6) is 5.75 Å². The summed E-state index contributed by atoms with van der Waals surface area (Å²) in [6, 6.07) is 17.9. The zero-order valence-electron chi connectivity index (χ0n) is 17.6. The normalized spacial score (nSPS) is 10.8. The summed E-state index contributed by atoms with van der Waals surface area (Å²) >= 11 is 0. The van der Waals surface area contributed by atoms with E-state index in [4.69, 9.17) is 10.5 Å². The Hall–Kier alpha value is -4.06. The molecule has 4 rings (SSSR count). The third kappa shape index (κ3) is 3.64. The molecule has 2 aromatic carbocycles. The number of aryl methyl sites for hydroxylation is 2. The van der Waals surface area contributed by atoms with Crippen LogP contribution in [0.15, 0.2) is 66.9 Å². The molecule has 156 valence electrons. The van der Waals surface area contributed by atoms with E-state index in [0.29, 0.717) is 22.5 Å². The van der Waals surface area contributed by atoms with Gasteiger partial charge in [-0.1, -0.05) is 24.3 Å². The minimum absolute atomic E-state index is 0.139. The van der Waals surface area contributed by atoms with Crippen LogP contribution in [0.4, 0.5) is 11.4 Å². The number of carbonyl (C=O) groups excluding carboxylic acids is 2. The third-order valence-corrected chi connectivity index (χ3v) is 5.42. The maximum atomic E-state index is 13.3. The smallest absolute Gasteiger partial charge is 0.259 e. The number of rotatable bonds is 5. The van der Waals surface area contributed by atoms with Crippen molar-refractivity contribution < 1.29 is 14.3 Å². The second-order valence-electron chi connectivity index (χ2n) is 7.41.